The number of carbonyl (C=O) groups is 2. The van der Waals surface area contributed by atoms with Gasteiger partial charge in [0.05, 0.1) is 0 Å². The number of aliphatic carboxylic acids is 2. The summed E-state index contributed by atoms with van der Waals surface area (Å²) in [6.45, 7) is 9.16. The molecular formula is C35H40N4O10S2Sn+. The van der Waals surface area contributed by atoms with Crippen LogP contribution in [0.3, 0.4) is 0 Å². The van der Waals surface area contributed by atoms with Crippen LogP contribution in [-0.4, -0.2) is 93.8 Å². The summed E-state index contributed by atoms with van der Waals surface area (Å²) in [5.41, 5.74) is 8.76. The fraction of sp³-hybridized carbons (Fsp3) is 0.371. The number of aliphatic imine (C=N–C) groups is 1. The van der Waals surface area contributed by atoms with E-state index in [0.29, 0.717) is 68.2 Å². The Morgan fingerprint density at radius 2 is 1.52 bits per heavy atom. The number of rotatable bonds is 12. The van der Waals surface area contributed by atoms with Crippen molar-refractivity contribution < 1.29 is 46.1 Å². The molecule has 4 aliphatic rings. The maximum atomic E-state index is 13.3. The molecule has 0 saturated carbocycles. The number of carboxylic acids is 2. The van der Waals surface area contributed by atoms with E-state index in [-0.39, 0.29) is 25.7 Å². The summed E-state index contributed by atoms with van der Waals surface area (Å²) in [5, 5.41) is 20.9. The Labute approximate surface area is 310 Å². The van der Waals surface area contributed by atoms with E-state index >= 15 is 0 Å². The van der Waals surface area contributed by atoms with Gasteiger partial charge in [0.15, 0.2) is 0 Å². The zero-order valence-electron chi connectivity index (χ0n) is 29.9. The molecule has 0 aromatic carbocycles. The number of carboxylic acid groups (broad SMARTS) is 2. The Hall–Kier alpha value is -3.84. The van der Waals surface area contributed by atoms with Gasteiger partial charge >= 0.3 is 312 Å². The fourth-order valence-corrected chi connectivity index (χ4v) is 17.0. The van der Waals surface area contributed by atoms with E-state index in [1.807, 2.05) is 64.5 Å². The second-order valence-corrected chi connectivity index (χ2v) is 22.0. The third kappa shape index (κ3) is 7.10. The SMILES string of the molecule is CCc1c(C)c2[n]3c1=CC1=NC(=CC4=[N+](C(=Cc5c(CCC(=O)O)c(C)c(n5COS(C)(=O)=O)C=2)C(CCC(=O)O)=C4C)[Sn]3[O]S(C)(=O)=O)C=C1C. The van der Waals surface area contributed by atoms with Gasteiger partial charge in [-0.1, -0.05) is 0 Å². The molecule has 2 aromatic rings. The quantitative estimate of drug-likeness (QED) is 0.237. The summed E-state index contributed by atoms with van der Waals surface area (Å²) in [4.78, 5) is 28.9. The predicted octanol–water partition coefficient (Wildman–Crippen LogP) is 2.14. The minimum atomic E-state index is -4.33. The molecule has 0 amide bonds. The Bertz CT molecular complexity index is 2530. The first-order valence-electron chi connectivity index (χ1n) is 16.6. The van der Waals surface area contributed by atoms with Gasteiger partial charge in [-0.2, -0.15) is 0 Å². The van der Waals surface area contributed by atoms with Gasteiger partial charge in [0.25, 0.3) is 0 Å². The van der Waals surface area contributed by atoms with Crippen molar-refractivity contribution in [2.75, 3.05) is 12.5 Å². The normalized spacial score (nSPS) is 17.0. The van der Waals surface area contributed by atoms with Gasteiger partial charge < -0.3 is 0 Å². The Morgan fingerprint density at radius 3 is 2.13 bits per heavy atom. The molecule has 2 aromatic heterocycles. The van der Waals surface area contributed by atoms with Crippen molar-refractivity contribution in [3.63, 3.8) is 0 Å². The predicted molar refractivity (Wildman–Crippen MR) is 196 cm³/mol. The molecule has 6 heterocycles. The number of aromatic nitrogens is 2. The van der Waals surface area contributed by atoms with Crippen molar-refractivity contribution in [1.29, 1.82) is 0 Å². The molecule has 17 heteroatoms. The zero-order valence-corrected chi connectivity index (χ0v) is 34.4. The van der Waals surface area contributed by atoms with Crippen LogP contribution in [0.15, 0.2) is 45.3 Å². The van der Waals surface area contributed by atoms with Crippen LogP contribution < -0.4 is 10.7 Å². The van der Waals surface area contributed by atoms with E-state index in [2.05, 4.69) is 0 Å². The van der Waals surface area contributed by atoms with E-state index in [9.17, 15) is 36.6 Å². The Morgan fingerprint density at radius 1 is 0.846 bits per heavy atom. The number of nitrogens with zero attached hydrogens (tertiary/aromatic N) is 4. The van der Waals surface area contributed by atoms with Crippen molar-refractivity contribution in [3.05, 3.63) is 84.6 Å². The monoisotopic (exact) mass is 860 g/mol. The number of hydrogen-bond acceptors (Lipinski definition) is 9. The molecule has 6 bridgehead atoms. The Kier molecular flexibility index (Phi) is 10.1. The number of hydrogen-bond donors (Lipinski definition) is 2. The first-order chi connectivity index (χ1) is 24.3. The molecule has 0 atom stereocenters. The maximum absolute atomic E-state index is 13.3. The van der Waals surface area contributed by atoms with Crippen LogP contribution in [0.4, 0.5) is 0 Å². The minimum absolute atomic E-state index is 0.0780. The van der Waals surface area contributed by atoms with E-state index in [0.717, 1.165) is 34.6 Å². The summed E-state index contributed by atoms with van der Waals surface area (Å²) in [7, 11) is -8.03. The fourth-order valence-electron chi connectivity index (χ4n) is 7.26. The van der Waals surface area contributed by atoms with E-state index < -0.39 is 59.6 Å². The van der Waals surface area contributed by atoms with Crippen LogP contribution in [0.1, 0.15) is 73.7 Å². The van der Waals surface area contributed by atoms with Gasteiger partial charge in [0.1, 0.15) is 0 Å². The van der Waals surface area contributed by atoms with Crippen LogP contribution in [0, 0.1) is 13.8 Å². The van der Waals surface area contributed by atoms with Crippen LogP contribution >= 0.6 is 0 Å². The van der Waals surface area contributed by atoms with Crippen molar-refractivity contribution in [3.8, 4) is 0 Å². The van der Waals surface area contributed by atoms with Crippen molar-refractivity contribution >= 4 is 82.5 Å². The van der Waals surface area contributed by atoms with Crippen molar-refractivity contribution in [1.82, 2.24) is 7.36 Å². The van der Waals surface area contributed by atoms with E-state index in [1.54, 1.807) is 10.6 Å². The molecule has 1 radical (unpaired) electrons. The third-order valence-corrected chi connectivity index (χ3v) is 19.4. The first kappa shape index (κ1) is 37.9. The summed E-state index contributed by atoms with van der Waals surface area (Å²) in [6, 6.07) is 0. The second kappa shape index (κ2) is 13.9. The van der Waals surface area contributed by atoms with E-state index in [4.69, 9.17) is 11.7 Å². The molecule has 14 nitrogen and oxygen atoms in total. The summed E-state index contributed by atoms with van der Waals surface area (Å²) < 4.78 is 68.7. The summed E-state index contributed by atoms with van der Waals surface area (Å²) in [6.07, 6.45) is 11.7. The second-order valence-electron chi connectivity index (χ2n) is 13.2. The molecule has 0 aliphatic carbocycles. The molecule has 52 heavy (non-hydrogen) atoms. The van der Waals surface area contributed by atoms with Crippen LogP contribution in [0.5, 0.6) is 0 Å². The van der Waals surface area contributed by atoms with Gasteiger partial charge in [0, 0.05) is 0 Å². The number of allylic oxidation sites excluding steroid dienone is 5. The average Bonchev–Trinajstić information content (AvgIpc) is 3.66. The molecule has 6 rings (SSSR count). The molecule has 4 aliphatic heterocycles. The zero-order chi connectivity index (χ0) is 38.0. The molecule has 0 saturated heterocycles. The number of fused-ring (bicyclic) bond motifs is 3. The van der Waals surface area contributed by atoms with Crippen molar-refractivity contribution in [2.24, 2.45) is 4.99 Å². The van der Waals surface area contributed by atoms with Gasteiger partial charge in [-0.25, -0.2) is 0 Å². The topological polar surface area (TPSA) is 187 Å². The summed E-state index contributed by atoms with van der Waals surface area (Å²) >= 11 is -4.33. The van der Waals surface area contributed by atoms with Crippen LogP contribution in [-0.2, 0) is 56.1 Å². The van der Waals surface area contributed by atoms with Gasteiger partial charge in [0.2, 0.25) is 0 Å². The molecule has 0 fully saturated rings. The molecule has 0 spiro atoms. The molecule has 2 N–H and O–H groups in total. The molecule has 0 unspecified atom stereocenters. The van der Waals surface area contributed by atoms with Crippen molar-refractivity contribution in [2.45, 2.75) is 73.5 Å². The third-order valence-electron chi connectivity index (χ3n) is 9.64. The molecule has 275 valence electrons. The van der Waals surface area contributed by atoms with Gasteiger partial charge in [-0.15, -0.1) is 0 Å². The average molecular weight is 860 g/mol. The molecular weight excluding hydrogens is 819 g/mol. The van der Waals surface area contributed by atoms with Crippen LogP contribution in [0.2, 0.25) is 0 Å². The Balaban J connectivity index is 1.90. The van der Waals surface area contributed by atoms with E-state index in [1.165, 1.54) is 0 Å². The first-order valence-corrected chi connectivity index (χ1v) is 23.9. The van der Waals surface area contributed by atoms with Crippen LogP contribution in [0.25, 0.3) is 18.2 Å². The standard InChI is InChI=1S/C34H38N4O7S.CH4O3S.Sn/c1-7-23-19(3)28-15-31-21(5)25(9-11-34(41)42)32(38(31)17-45-46(6,43)44)16-30-24(8-10-33(39)40)20(4)27(36-30)13-22-12-18(2)26(35-22)14-29(23)37-28;1-5(2,3)4;/h12-16H,7-11,17H2,1-6H3,(H3,35,36,37,39,40,41,42);1H3,(H,2,3,4);/q;;+3/p-2. The van der Waals surface area contributed by atoms with Gasteiger partial charge in [-0.05, 0) is 0 Å². The van der Waals surface area contributed by atoms with Gasteiger partial charge in [-0.3, -0.25) is 0 Å². The summed E-state index contributed by atoms with van der Waals surface area (Å²) in [5.74, 6) is -2.05.